The summed E-state index contributed by atoms with van der Waals surface area (Å²) in [6.07, 6.45) is 2.23. The lowest BCUT2D eigenvalue weighted by atomic mass is 10.1. The second-order valence-electron chi connectivity index (χ2n) is 10.1. The van der Waals surface area contributed by atoms with Gasteiger partial charge in [0.25, 0.3) is 11.8 Å². The van der Waals surface area contributed by atoms with E-state index in [1.54, 1.807) is 54.6 Å². The number of fused-ring (bicyclic) bond motifs is 1. The average molecular weight is 608 g/mol. The first-order valence-corrected chi connectivity index (χ1v) is 15.2. The van der Waals surface area contributed by atoms with Gasteiger partial charge in [-0.3, -0.25) is 14.4 Å². The van der Waals surface area contributed by atoms with Crippen molar-refractivity contribution >= 4 is 46.9 Å². The quantitative estimate of drug-likeness (QED) is 0.137. The van der Waals surface area contributed by atoms with E-state index in [4.69, 9.17) is 9.47 Å². The molecule has 4 aromatic carbocycles. The van der Waals surface area contributed by atoms with E-state index in [-0.39, 0.29) is 16.9 Å². The van der Waals surface area contributed by atoms with Gasteiger partial charge in [-0.15, -0.1) is 11.8 Å². The molecule has 8 nitrogen and oxygen atoms in total. The number of hydrogen-bond donors (Lipinski definition) is 3. The van der Waals surface area contributed by atoms with Crippen molar-refractivity contribution in [1.82, 2.24) is 5.32 Å². The standard InChI is InChI=1S/C35H33N3O5S/c1-3-32(35(41)37-27-16-17-30-31(22-27)43-19-18-42-30)44-28-11-7-10-26(21-28)36-34(40)29(20-24-14-12-23(2)13-15-24)38-33(39)25-8-5-4-6-9-25/h4-17,20-22,32H,3,18-19H2,1-2H3,(H,36,40)(H,37,41)(H,38,39)/b29-20-. The molecule has 0 bridgehead atoms. The minimum absolute atomic E-state index is 0.103. The molecular formula is C35H33N3O5S. The zero-order valence-electron chi connectivity index (χ0n) is 24.5. The van der Waals surface area contributed by atoms with E-state index in [0.29, 0.717) is 48.1 Å². The Balaban J connectivity index is 1.28. The van der Waals surface area contributed by atoms with E-state index >= 15 is 0 Å². The van der Waals surface area contributed by atoms with Crippen LogP contribution in [0.25, 0.3) is 6.08 Å². The summed E-state index contributed by atoms with van der Waals surface area (Å²) in [5, 5.41) is 8.26. The first-order chi connectivity index (χ1) is 21.4. The number of carbonyl (C=O) groups excluding carboxylic acids is 3. The molecule has 9 heteroatoms. The molecule has 0 radical (unpaired) electrons. The Morgan fingerprint density at radius 2 is 1.55 bits per heavy atom. The second kappa shape index (κ2) is 14.4. The monoisotopic (exact) mass is 607 g/mol. The molecule has 5 rings (SSSR count). The minimum Gasteiger partial charge on any atom is -0.486 e. The lowest BCUT2D eigenvalue weighted by molar-refractivity contribution is -0.116. The van der Waals surface area contributed by atoms with Crippen LogP contribution >= 0.6 is 11.8 Å². The van der Waals surface area contributed by atoms with Crippen LogP contribution in [0.15, 0.2) is 108 Å². The van der Waals surface area contributed by atoms with Gasteiger partial charge in [0.2, 0.25) is 5.91 Å². The highest BCUT2D eigenvalue weighted by atomic mass is 32.2. The summed E-state index contributed by atoms with van der Waals surface area (Å²) < 4.78 is 11.2. The highest BCUT2D eigenvalue weighted by Gasteiger charge is 2.21. The number of thioether (sulfide) groups is 1. The summed E-state index contributed by atoms with van der Waals surface area (Å²) in [4.78, 5) is 40.4. The lowest BCUT2D eigenvalue weighted by Gasteiger charge is -2.20. The van der Waals surface area contributed by atoms with Gasteiger partial charge in [0.15, 0.2) is 11.5 Å². The van der Waals surface area contributed by atoms with Gasteiger partial charge in [0.05, 0.1) is 5.25 Å². The van der Waals surface area contributed by atoms with E-state index in [0.717, 1.165) is 16.0 Å². The number of nitrogens with one attached hydrogen (secondary N) is 3. The fourth-order valence-corrected chi connectivity index (χ4v) is 5.46. The number of carbonyl (C=O) groups is 3. The predicted molar refractivity (Wildman–Crippen MR) is 174 cm³/mol. The zero-order chi connectivity index (χ0) is 30.9. The summed E-state index contributed by atoms with van der Waals surface area (Å²) in [7, 11) is 0. The molecule has 1 unspecified atom stereocenters. The number of aryl methyl sites for hydroxylation is 1. The first-order valence-electron chi connectivity index (χ1n) is 14.3. The smallest absolute Gasteiger partial charge is 0.272 e. The van der Waals surface area contributed by atoms with Crippen LogP contribution in [-0.2, 0) is 9.59 Å². The van der Waals surface area contributed by atoms with Crippen LogP contribution in [0.5, 0.6) is 11.5 Å². The Morgan fingerprint density at radius 1 is 0.818 bits per heavy atom. The Hall–Kier alpha value is -5.02. The Labute approximate surface area is 260 Å². The van der Waals surface area contributed by atoms with E-state index in [1.807, 2.05) is 62.4 Å². The number of amides is 3. The van der Waals surface area contributed by atoms with Crippen molar-refractivity contribution in [2.24, 2.45) is 0 Å². The molecule has 0 fully saturated rings. The first kappa shape index (κ1) is 30.4. The highest BCUT2D eigenvalue weighted by Crippen LogP contribution is 2.34. The van der Waals surface area contributed by atoms with E-state index in [1.165, 1.54) is 11.8 Å². The summed E-state index contributed by atoms with van der Waals surface area (Å²) in [5.74, 6) is 0.258. The summed E-state index contributed by atoms with van der Waals surface area (Å²) >= 11 is 1.40. The van der Waals surface area contributed by atoms with Gasteiger partial charge in [-0.25, -0.2) is 0 Å². The summed E-state index contributed by atoms with van der Waals surface area (Å²) in [6.45, 7) is 4.89. The molecule has 3 amide bonds. The molecule has 1 aliphatic heterocycles. The molecule has 0 aliphatic carbocycles. The maximum atomic E-state index is 13.5. The van der Waals surface area contributed by atoms with Crippen molar-refractivity contribution in [1.29, 1.82) is 0 Å². The fourth-order valence-electron chi connectivity index (χ4n) is 4.45. The lowest BCUT2D eigenvalue weighted by Crippen LogP contribution is -2.30. The molecule has 1 atom stereocenters. The molecule has 0 saturated carbocycles. The normalized spacial score (nSPS) is 13.0. The Morgan fingerprint density at radius 3 is 2.30 bits per heavy atom. The van der Waals surface area contributed by atoms with Gasteiger partial charge in [0.1, 0.15) is 18.9 Å². The van der Waals surface area contributed by atoms with Gasteiger partial charge in [-0.2, -0.15) is 0 Å². The van der Waals surface area contributed by atoms with Crippen molar-refractivity contribution in [2.45, 2.75) is 30.4 Å². The molecule has 44 heavy (non-hydrogen) atoms. The number of ether oxygens (including phenoxy) is 2. The number of hydrogen-bond acceptors (Lipinski definition) is 6. The highest BCUT2D eigenvalue weighted by molar-refractivity contribution is 8.00. The molecular weight excluding hydrogens is 574 g/mol. The predicted octanol–water partition coefficient (Wildman–Crippen LogP) is 6.69. The SMILES string of the molecule is CCC(Sc1cccc(NC(=O)/C(=C/c2ccc(C)cc2)NC(=O)c2ccccc2)c1)C(=O)Nc1ccc2c(c1)OCCO2. The van der Waals surface area contributed by atoms with Crippen LogP contribution in [0.2, 0.25) is 0 Å². The van der Waals surface area contributed by atoms with Crippen molar-refractivity contribution in [2.75, 3.05) is 23.8 Å². The van der Waals surface area contributed by atoms with Crippen LogP contribution in [0, 0.1) is 6.92 Å². The molecule has 1 heterocycles. The van der Waals surface area contributed by atoms with E-state index < -0.39 is 11.8 Å². The summed E-state index contributed by atoms with van der Waals surface area (Å²) in [6, 6.07) is 29.0. The Kier molecular flexibility index (Phi) is 9.99. The van der Waals surface area contributed by atoms with Gasteiger partial charge in [-0.1, -0.05) is 61.0 Å². The molecule has 224 valence electrons. The minimum atomic E-state index is -0.472. The van der Waals surface area contributed by atoms with Crippen molar-refractivity contribution in [3.05, 3.63) is 119 Å². The largest absolute Gasteiger partial charge is 0.486 e. The number of anilines is 2. The van der Waals surface area contributed by atoms with Gasteiger partial charge in [-0.05, 0) is 67.4 Å². The van der Waals surface area contributed by atoms with E-state index in [2.05, 4.69) is 16.0 Å². The summed E-state index contributed by atoms with van der Waals surface area (Å²) in [5.41, 5.74) is 3.56. The molecule has 1 aliphatic rings. The van der Waals surface area contributed by atoms with Crippen molar-refractivity contribution < 1.29 is 23.9 Å². The third-order valence-electron chi connectivity index (χ3n) is 6.76. The molecule has 0 spiro atoms. The van der Waals surface area contributed by atoms with Crippen molar-refractivity contribution in [3.8, 4) is 11.5 Å². The van der Waals surface area contributed by atoms with Crippen LogP contribution in [0.3, 0.4) is 0 Å². The second-order valence-corrected chi connectivity index (χ2v) is 11.4. The molecule has 3 N–H and O–H groups in total. The topological polar surface area (TPSA) is 106 Å². The molecule has 4 aromatic rings. The van der Waals surface area contributed by atoms with Crippen LogP contribution in [0.4, 0.5) is 11.4 Å². The van der Waals surface area contributed by atoms with Gasteiger partial charge < -0.3 is 25.4 Å². The zero-order valence-corrected chi connectivity index (χ0v) is 25.3. The van der Waals surface area contributed by atoms with Gasteiger partial charge in [0, 0.05) is 27.9 Å². The maximum Gasteiger partial charge on any atom is 0.272 e. The molecule has 0 aromatic heterocycles. The van der Waals surface area contributed by atoms with E-state index in [9.17, 15) is 14.4 Å². The third-order valence-corrected chi connectivity index (χ3v) is 8.12. The van der Waals surface area contributed by atoms with Crippen LogP contribution in [0.1, 0.15) is 34.8 Å². The number of rotatable bonds is 10. The van der Waals surface area contributed by atoms with Crippen LogP contribution < -0.4 is 25.4 Å². The maximum absolute atomic E-state index is 13.5. The number of benzene rings is 4. The third kappa shape index (κ3) is 8.08. The van der Waals surface area contributed by atoms with Crippen molar-refractivity contribution in [3.63, 3.8) is 0 Å². The average Bonchev–Trinajstić information content (AvgIpc) is 3.04. The van der Waals surface area contributed by atoms with Crippen LogP contribution in [-0.4, -0.2) is 36.2 Å². The fraction of sp³-hybridized carbons (Fsp3) is 0.171. The van der Waals surface area contributed by atoms with Gasteiger partial charge >= 0.3 is 0 Å². The molecule has 0 saturated heterocycles. The Bertz CT molecular complexity index is 1670.